The summed E-state index contributed by atoms with van der Waals surface area (Å²) in [5.74, 6) is 0.428. The molecule has 0 bridgehead atoms. The fraction of sp³-hybridized carbons (Fsp3) is 0.238. The molecule has 0 saturated heterocycles. The van der Waals surface area contributed by atoms with Crippen LogP contribution in [0.2, 0.25) is 0 Å². The largest absolute Gasteiger partial charge is 0.482 e. The summed E-state index contributed by atoms with van der Waals surface area (Å²) in [6.07, 6.45) is 5.23. The highest BCUT2D eigenvalue weighted by atomic mass is 16.5. The van der Waals surface area contributed by atoms with Crippen molar-refractivity contribution in [2.24, 2.45) is 0 Å². The average molecular weight is 349 g/mol. The van der Waals surface area contributed by atoms with Gasteiger partial charge in [0, 0.05) is 18.1 Å². The van der Waals surface area contributed by atoms with Gasteiger partial charge in [-0.25, -0.2) is 4.98 Å². The van der Waals surface area contributed by atoms with Crippen LogP contribution >= 0.6 is 0 Å². The molecule has 5 heteroatoms. The maximum Gasteiger partial charge on any atom is 0.262 e. The van der Waals surface area contributed by atoms with Crippen molar-refractivity contribution in [3.63, 3.8) is 0 Å². The van der Waals surface area contributed by atoms with Crippen LogP contribution in [0.1, 0.15) is 26.3 Å². The van der Waals surface area contributed by atoms with E-state index in [1.54, 1.807) is 12.5 Å². The molecule has 1 amide bonds. The first-order valence-electron chi connectivity index (χ1n) is 8.54. The van der Waals surface area contributed by atoms with Crippen LogP contribution < -0.4 is 10.1 Å². The minimum atomic E-state index is -0.200. The first-order valence-corrected chi connectivity index (χ1v) is 8.54. The Bertz CT molecular complexity index is 863. The molecule has 1 aromatic heterocycles. The molecule has 0 spiro atoms. The van der Waals surface area contributed by atoms with Gasteiger partial charge in [0.15, 0.2) is 6.61 Å². The molecule has 0 aliphatic rings. The number of benzene rings is 2. The van der Waals surface area contributed by atoms with Gasteiger partial charge in [0.1, 0.15) is 5.75 Å². The third-order valence-corrected chi connectivity index (χ3v) is 4.04. The van der Waals surface area contributed by atoms with Crippen molar-refractivity contribution in [1.82, 2.24) is 9.55 Å². The van der Waals surface area contributed by atoms with E-state index in [0.717, 1.165) is 11.4 Å². The summed E-state index contributed by atoms with van der Waals surface area (Å²) in [5, 5.41) is 2.86. The van der Waals surface area contributed by atoms with Gasteiger partial charge < -0.3 is 14.6 Å². The molecule has 2 aromatic carbocycles. The Morgan fingerprint density at radius 3 is 2.50 bits per heavy atom. The van der Waals surface area contributed by atoms with E-state index < -0.39 is 0 Å². The summed E-state index contributed by atoms with van der Waals surface area (Å²) >= 11 is 0. The summed E-state index contributed by atoms with van der Waals surface area (Å²) in [5.41, 5.74) is 2.91. The van der Waals surface area contributed by atoms with Crippen molar-refractivity contribution >= 4 is 11.6 Å². The Morgan fingerprint density at radius 2 is 1.85 bits per heavy atom. The molecule has 134 valence electrons. The zero-order chi connectivity index (χ0) is 18.6. The van der Waals surface area contributed by atoms with Gasteiger partial charge in [-0.15, -0.1) is 0 Å². The van der Waals surface area contributed by atoms with E-state index in [-0.39, 0.29) is 17.9 Å². The van der Waals surface area contributed by atoms with Gasteiger partial charge in [-0.3, -0.25) is 4.79 Å². The number of para-hydroxylation sites is 2. The summed E-state index contributed by atoms with van der Waals surface area (Å²) in [6, 6.07) is 15.4. The maximum atomic E-state index is 12.2. The lowest BCUT2D eigenvalue weighted by Gasteiger charge is -2.19. The predicted molar refractivity (Wildman–Crippen MR) is 103 cm³/mol. The molecule has 26 heavy (non-hydrogen) atoms. The Hall–Kier alpha value is -3.08. The molecule has 0 radical (unpaired) electrons. The van der Waals surface area contributed by atoms with Gasteiger partial charge in [-0.2, -0.15) is 0 Å². The number of amides is 1. The molecular weight excluding hydrogens is 326 g/mol. The zero-order valence-corrected chi connectivity index (χ0v) is 15.3. The second-order valence-electron chi connectivity index (χ2n) is 7.10. The van der Waals surface area contributed by atoms with E-state index in [2.05, 4.69) is 31.1 Å². The van der Waals surface area contributed by atoms with E-state index in [4.69, 9.17) is 4.74 Å². The quantitative estimate of drug-likeness (QED) is 0.751. The monoisotopic (exact) mass is 349 g/mol. The molecule has 0 saturated carbocycles. The van der Waals surface area contributed by atoms with Gasteiger partial charge in [0.05, 0.1) is 12.0 Å². The number of carbonyl (C=O) groups excluding carboxylic acids is 1. The van der Waals surface area contributed by atoms with Gasteiger partial charge in [-0.1, -0.05) is 45.0 Å². The van der Waals surface area contributed by atoms with Crippen LogP contribution in [-0.4, -0.2) is 22.1 Å². The number of carbonyl (C=O) groups is 1. The predicted octanol–water partition coefficient (Wildman–Crippen LogP) is 4.19. The standard InChI is InChI=1S/C21H23N3O2/c1-21(2,3)16-8-10-17(11-9-16)23-20(25)14-26-19-7-5-4-6-18(19)24-13-12-22-15-24/h4-13,15H,14H2,1-3H3,(H,23,25). The summed E-state index contributed by atoms with van der Waals surface area (Å²) in [4.78, 5) is 16.3. The number of hydrogen-bond donors (Lipinski definition) is 1. The van der Waals surface area contributed by atoms with Crippen LogP contribution in [0.4, 0.5) is 5.69 Å². The van der Waals surface area contributed by atoms with Crippen LogP contribution in [0.25, 0.3) is 5.69 Å². The number of anilines is 1. The van der Waals surface area contributed by atoms with Crippen molar-refractivity contribution in [3.05, 3.63) is 72.8 Å². The van der Waals surface area contributed by atoms with Crippen molar-refractivity contribution in [2.45, 2.75) is 26.2 Å². The van der Waals surface area contributed by atoms with Crippen molar-refractivity contribution in [2.75, 3.05) is 11.9 Å². The van der Waals surface area contributed by atoms with Gasteiger partial charge in [0.25, 0.3) is 5.91 Å². The van der Waals surface area contributed by atoms with Gasteiger partial charge >= 0.3 is 0 Å². The molecule has 1 N–H and O–H groups in total. The molecule has 0 fully saturated rings. The maximum absolute atomic E-state index is 12.2. The van der Waals surface area contributed by atoms with Crippen LogP contribution in [0.15, 0.2) is 67.3 Å². The lowest BCUT2D eigenvalue weighted by Crippen LogP contribution is -2.20. The third kappa shape index (κ3) is 4.30. The van der Waals surface area contributed by atoms with Crippen LogP contribution in [0.5, 0.6) is 5.75 Å². The molecule has 1 heterocycles. The minimum absolute atomic E-state index is 0.0628. The van der Waals surface area contributed by atoms with E-state index in [1.807, 2.05) is 59.3 Å². The zero-order valence-electron chi connectivity index (χ0n) is 15.3. The topological polar surface area (TPSA) is 56.1 Å². The fourth-order valence-electron chi connectivity index (χ4n) is 2.59. The Balaban J connectivity index is 1.62. The van der Waals surface area contributed by atoms with Crippen LogP contribution in [-0.2, 0) is 10.2 Å². The average Bonchev–Trinajstić information content (AvgIpc) is 3.14. The molecule has 5 nitrogen and oxygen atoms in total. The van der Waals surface area contributed by atoms with E-state index >= 15 is 0 Å². The first-order chi connectivity index (χ1) is 12.4. The van der Waals surface area contributed by atoms with Gasteiger partial charge in [0.2, 0.25) is 0 Å². The molecular formula is C21H23N3O2. The normalized spacial score (nSPS) is 11.2. The minimum Gasteiger partial charge on any atom is -0.482 e. The fourth-order valence-corrected chi connectivity index (χ4v) is 2.59. The van der Waals surface area contributed by atoms with E-state index in [1.165, 1.54) is 5.56 Å². The number of rotatable bonds is 5. The number of aromatic nitrogens is 2. The molecule has 0 atom stereocenters. The second-order valence-corrected chi connectivity index (χ2v) is 7.10. The molecule has 3 aromatic rings. The molecule has 3 rings (SSSR count). The smallest absolute Gasteiger partial charge is 0.262 e. The lowest BCUT2D eigenvalue weighted by molar-refractivity contribution is -0.118. The molecule has 0 unspecified atom stereocenters. The number of nitrogens with one attached hydrogen (secondary N) is 1. The van der Waals surface area contributed by atoms with Crippen LogP contribution in [0.3, 0.4) is 0 Å². The second kappa shape index (κ2) is 7.44. The highest BCUT2D eigenvalue weighted by Crippen LogP contribution is 2.24. The number of ether oxygens (including phenoxy) is 1. The number of hydrogen-bond acceptors (Lipinski definition) is 3. The Kier molecular flexibility index (Phi) is 5.07. The van der Waals surface area contributed by atoms with E-state index in [0.29, 0.717) is 5.75 Å². The van der Waals surface area contributed by atoms with Crippen molar-refractivity contribution in [1.29, 1.82) is 0 Å². The first kappa shape index (κ1) is 17.7. The summed E-state index contributed by atoms with van der Waals surface area (Å²) < 4.78 is 7.56. The molecule has 0 aliphatic heterocycles. The molecule has 0 aliphatic carbocycles. The summed E-state index contributed by atoms with van der Waals surface area (Å²) in [6.45, 7) is 6.41. The van der Waals surface area contributed by atoms with Gasteiger partial charge in [-0.05, 0) is 35.2 Å². The summed E-state index contributed by atoms with van der Waals surface area (Å²) in [7, 11) is 0. The van der Waals surface area contributed by atoms with Crippen molar-refractivity contribution in [3.8, 4) is 11.4 Å². The van der Waals surface area contributed by atoms with E-state index in [9.17, 15) is 4.79 Å². The van der Waals surface area contributed by atoms with Crippen LogP contribution in [0, 0.1) is 0 Å². The Morgan fingerprint density at radius 1 is 1.12 bits per heavy atom. The number of nitrogens with zero attached hydrogens (tertiary/aromatic N) is 2. The lowest BCUT2D eigenvalue weighted by atomic mass is 9.87. The highest BCUT2D eigenvalue weighted by Gasteiger charge is 2.13. The third-order valence-electron chi connectivity index (χ3n) is 4.04. The SMILES string of the molecule is CC(C)(C)c1ccc(NC(=O)COc2ccccc2-n2ccnc2)cc1. The Labute approximate surface area is 153 Å². The highest BCUT2D eigenvalue weighted by molar-refractivity contribution is 5.91. The van der Waals surface area contributed by atoms with Crippen molar-refractivity contribution < 1.29 is 9.53 Å². The number of imidazole rings is 1.